The highest BCUT2D eigenvalue weighted by Gasteiger charge is 2.35. The molecule has 1 aliphatic heterocycles. The van der Waals surface area contributed by atoms with Gasteiger partial charge in [-0.3, -0.25) is 19.3 Å². The Hall–Kier alpha value is -3.67. The molecule has 5 nitrogen and oxygen atoms in total. The molecule has 0 spiro atoms. The third-order valence-electron chi connectivity index (χ3n) is 5.92. The first-order valence-electron chi connectivity index (χ1n) is 10.6. The van der Waals surface area contributed by atoms with Crippen LogP contribution in [0.4, 0.5) is 0 Å². The fourth-order valence-electron chi connectivity index (χ4n) is 4.28. The van der Waals surface area contributed by atoms with Gasteiger partial charge in [0.15, 0.2) is 5.78 Å². The Kier molecular flexibility index (Phi) is 5.60. The van der Waals surface area contributed by atoms with Gasteiger partial charge in [-0.2, -0.15) is 0 Å². The quantitative estimate of drug-likeness (QED) is 0.251. The van der Waals surface area contributed by atoms with Gasteiger partial charge in [0.2, 0.25) is 0 Å². The maximum atomic E-state index is 13.5. The first-order chi connectivity index (χ1) is 16.4. The second kappa shape index (κ2) is 8.60. The highest BCUT2D eigenvalue weighted by molar-refractivity contribution is 6.35. The molecule has 0 fully saturated rings. The number of rotatable bonds is 5. The summed E-state index contributed by atoms with van der Waals surface area (Å²) < 4.78 is 1.87. The molecular weight excluding hydrogens is 471 g/mol. The molecule has 5 rings (SSSR count). The van der Waals surface area contributed by atoms with Crippen molar-refractivity contribution < 1.29 is 14.4 Å². The lowest BCUT2D eigenvalue weighted by Crippen LogP contribution is -2.30. The number of amides is 2. The summed E-state index contributed by atoms with van der Waals surface area (Å²) in [5.41, 5.74) is 3.61. The number of imide groups is 1. The Balaban J connectivity index is 1.58. The van der Waals surface area contributed by atoms with Gasteiger partial charge in [0.25, 0.3) is 11.8 Å². The minimum absolute atomic E-state index is 0.0581. The summed E-state index contributed by atoms with van der Waals surface area (Å²) in [4.78, 5) is 40.5. The average Bonchev–Trinajstić information content (AvgIpc) is 3.31. The van der Waals surface area contributed by atoms with Crippen LogP contribution in [-0.2, 0) is 6.54 Å². The molecule has 0 bridgehead atoms. The number of fused-ring (bicyclic) bond motifs is 1. The Morgan fingerprint density at radius 2 is 1.44 bits per heavy atom. The SMILES string of the molecule is Cc1ccc(CN2C(=O)c3ccccc3C2=O)n1-c1ccc(Cl)cc1C(=O)c1ccccc1Cl. The molecule has 0 aliphatic carbocycles. The van der Waals surface area contributed by atoms with E-state index in [0.29, 0.717) is 43.7 Å². The lowest BCUT2D eigenvalue weighted by molar-refractivity contribution is 0.0639. The molecule has 2 amide bonds. The van der Waals surface area contributed by atoms with E-state index in [1.165, 1.54) is 4.90 Å². The van der Waals surface area contributed by atoms with Crippen molar-refractivity contribution >= 4 is 40.8 Å². The molecule has 0 radical (unpaired) electrons. The summed E-state index contributed by atoms with van der Waals surface area (Å²) in [5.74, 6) is -0.952. The van der Waals surface area contributed by atoms with E-state index in [-0.39, 0.29) is 24.1 Å². The molecule has 7 heteroatoms. The zero-order valence-corrected chi connectivity index (χ0v) is 19.6. The summed E-state index contributed by atoms with van der Waals surface area (Å²) in [6.45, 7) is 1.95. The van der Waals surface area contributed by atoms with Crippen LogP contribution in [0.25, 0.3) is 5.69 Å². The second-order valence-electron chi connectivity index (χ2n) is 8.01. The standard InChI is InChI=1S/C27H18Cl2N2O3/c1-16-10-12-18(15-30-26(33)19-6-2-3-7-20(19)27(30)34)31(16)24-13-11-17(28)14-22(24)25(32)21-8-4-5-9-23(21)29/h2-14H,15H2,1H3. The van der Waals surface area contributed by atoms with Crippen LogP contribution >= 0.6 is 23.2 Å². The average molecular weight is 489 g/mol. The third-order valence-corrected chi connectivity index (χ3v) is 6.48. The predicted octanol–water partition coefficient (Wildman–Crippen LogP) is 6.12. The minimum atomic E-state index is -0.338. The van der Waals surface area contributed by atoms with Gasteiger partial charge in [0.05, 0.1) is 28.4 Å². The van der Waals surface area contributed by atoms with E-state index >= 15 is 0 Å². The third kappa shape index (κ3) is 3.63. The van der Waals surface area contributed by atoms with E-state index in [0.717, 1.165) is 5.69 Å². The van der Waals surface area contributed by atoms with Crippen LogP contribution < -0.4 is 0 Å². The fourth-order valence-corrected chi connectivity index (χ4v) is 4.67. The van der Waals surface area contributed by atoms with Crippen LogP contribution in [0.2, 0.25) is 10.0 Å². The van der Waals surface area contributed by atoms with Crippen molar-refractivity contribution in [1.29, 1.82) is 0 Å². The second-order valence-corrected chi connectivity index (χ2v) is 8.86. The first-order valence-corrected chi connectivity index (χ1v) is 11.3. The number of aromatic nitrogens is 1. The number of carbonyl (C=O) groups is 3. The minimum Gasteiger partial charge on any atom is -0.316 e. The number of carbonyl (C=O) groups excluding carboxylic acids is 3. The van der Waals surface area contributed by atoms with E-state index in [9.17, 15) is 14.4 Å². The maximum Gasteiger partial charge on any atom is 0.261 e. The number of hydrogen-bond acceptors (Lipinski definition) is 3. The monoisotopic (exact) mass is 488 g/mol. The Labute approximate surface area is 206 Å². The molecule has 4 aromatic rings. The smallest absolute Gasteiger partial charge is 0.261 e. The van der Waals surface area contributed by atoms with Crippen LogP contribution in [0.3, 0.4) is 0 Å². The highest BCUT2D eigenvalue weighted by atomic mass is 35.5. The van der Waals surface area contributed by atoms with Gasteiger partial charge >= 0.3 is 0 Å². The van der Waals surface area contributed by atoms with Crippen LogP contribution in [0.15, 0.2) is 78.9 Å². The van der Waals surface area contributed by atoms with E-state index in [4.69, 9.17) is 23.2 Å². The Morgan fingerprint density at radius 3 is 2.12 bits per heavy atom. The van der Waals surface area contributed by atoms with Crippen molar-refractivity contribution in [2.75, 3.05) is 0 Å². The van der Waals surface area contributed by atoms with Gasteiger partial charge in [0, 0.05) is 27.5 Å². The molecule has 2 heterocycles. The van der Waals surface area contributed by atoms with E-state index < -0.39 is 0 Å². The van der Waals surface area contributed by atoms with Gasteiger partial charge in [-0.05, 0) is 61.5 Å². The number of aryl methyl sites for hydroxylation is 1. The number of benzene rings is 3. The van der Waals surface area contributed by atoms with Gasteiger partial charge in [-0.1, -0.05) is 47.5 Å². The molecule has 1 aliphatic rings. The van der Waals surface area contributed by atoms with Gasteiger partial charge in [0.1, 0.15) is 0 Å². The van der Waals surface area contributed by atoms with Crippen LogP contribution in [0.1, 0.15) is 48.0 Å². The molecular formula is C27H18Cl2N2O3. The molecule has 0 saturated heterocycles. The highest BCUT2D eigenvalue weighted by Crippen LogP contribution is 2.30. The normalized spacial score (nSPS) is 12.9. The van der Waals surface area contributed by atoms with Crippen molar-refractivity contribution in [2.24, 2.45) is 0 Å². The summed E-state index contributed by atoms with van der Waals surface area (Å²) in [5, 5.41) is 0.750. The molecule has 0 saturated carbocycles. The Bertz CT molecular complexity index is 1450. The lowest BCUT2D eigenvalue weighted by atomic mass is 10.0. The van der Waals surface area contributed by atoms with Crippen molar-refractivity contribution in [3.63, 3.8) is 0 Å². The molecule has 34 heavy (non-hydrogen) atoms. The largest absolute Gasteiger partial charge is 0.316 e. The Morgan fingerprint density at radius 1 is 0.794 bits per heavy atom. The van der Waals surface area contributed by atoms with Crippen LogP contribution in [0.5, 0.6) is 0 Å². The van der Waals surface area contributed by atoms with Crippen molar-refractivity contribution in [3.05, 3.63) is 123 Å². The molecule has 0 unspecified atom stereocenters. The van der Waals surface area contributed by atoms with Crippen LogP contribution in [-0.4, -0.2) is 27.1 Å². The molecule has 168 valence electrons. The van der Waals surface area contributed by atoms with E-state index in [1.807, 2.05) is 23.6 Å². The lowest BCUT2D eigenvalue weighted by Gasteiger charge is -2.19. The van der Waals surface area contributed by atoms with Crippen molar-refractivity contribution in [1.82, 2.24) is 9.47 Å². The number of halogens is 2. The molecule has 1 aromatic heterocycles. The van der Waals surface area contributed by atoms with E-state index in [2.05, 4.69) is 0 Å². The summed E-state index contributed by atoms with van der Waals surface area (Å²) in [6.07, 6.45) is 0. The molecule has 0 N–H and O–H groups in total. The number of ketones is 1. The zero-order valence-electron chi connectivity index (χ0n) is 18.1. The molecule has 0 atom stereocenters. The maximum absolute atomic E-state index is 13.5. The predicted molar refractivity (Wildman–Crippen MR) is 131 cm³/mol. The first kappa shape index (κ1) is 22.1. The van der Waals surface area contributed by atoms with E-state index in [1.54, 1.807) is 66.7 Å². The number of nitrogens with zero attached hydrogens (tertiary/aromatic N) is 2. The van der Waals surface area contributed by atoms with Gasteiger partial charge in [-0.15, -0.1) is 0 Å². The van der Waals surface area contributed by atoms with Crippen molar-refractivity contribution in [2.45, 2.75) is 13.5 Å². The van der Waals surface area contributed by atoms with Crippen LogP contribution in [0, 0.1) is 6.92 Å². The fraction of sp³-hybridized carbons (Fsp3) is 0.0741. The number of hydrogen-bond donors (Lipinski definition) is 0. The van der Waals surface area contributed by atoms with Crippen molar-refractivity contribution in [3.8, 4) is 5.69 Å². The van der Waals surface area contributed by atoms with Gasteiger partial charge < -0.3 is 4.57 Å². The van der Waals surface area contributed by atoms with Gasteiger partial charge in [-0.25, -0.2) is 0 Å². The topological polar surface area (TPSA) is 59.4 Å². The zero-order chi connectivity index (χ0) is 24.0. The summed E-state index contributed by atoms with van der Waals surface area (Å²) in [6, 6.07) is 22.4. The summed E-state index contributed by atoms with van der Waals surface area (Å²) >= 11 is 12.6. The molecule has 3 aromatic carbocycles. The summed E-state index contributed by atoms with van der Waals surface area (Å²) in [7, 11) is 0.